The van der Waals surface area contributed by atoms with Gasteiger partial charge in [0.15, 0.2) is 0 Å². The highest BCUT2D eigenvalue weighted by Crippen LogP contribution is 1.94. The number of nitrogens with zero attached hydrogens (tertiary/aromatic N) is 1. The van der Waals surface area contributed by atoms with Crippen LogP contribution in [-0.2, 0) is 4.89 Å². The number of unbranched alkanes of at least 4 members (excludes halogenated alkanes) is 2. The van der Waals surface area contributed by atoms with Crippen molar-refractivity contribution in [3.05, 3.63) is 0 Å². The maximum absolute atomic E-state index is 7.92. The number of aliphatic imine (C=N–C) groups is 1. The van der Waals surface area contributed by atoms with Crippen LogP contribution in [0.1, 0.15) is 19.3 Å². The van der Waals surface area contributed by atoms with Crippen molar-refractivity contribution in [2.24, 2.45) is 4.99 Å². The molecule has 0 amide bonds. The molecular formula is C6H11NO2S. The predicted octanol–water partition coefficient (Wildman–Crippen LogP) is 1.75. The van der Waals surface area contributed by atoms with Crippen molar-refractivity contribution in [3.63, 3.8) is 0 Å². The zero-order chi connectivity index (χ0) is 7.66. The van der Waals surface area contributed by atoms with Crippen LogP contribution in [0.5, 0.6) is 0 Å². The van der Waals surface area contributed by atoms with Gasteiger partial charge in [0.2, 0.25) is 0 Å². The average Bonchev–Trinajstić information content (AvgIpc) is 1.97. The zero-order valence-electron chi connectivity index (χ0n) is 5.75. The lowest BCUT2D eigenvalue weighted by atomic mass is 10.2. The second kappa shape index (κ2) is 8.72. The van der Waals surface area contributed by atoms with Gasteiger partial charge in [-0.2, -0.15) is 0 Å². The number of hydrogen-bond acceptors (Lipinski definition) is 4. The normalized spacial score (nSPS) is 8.90. The van der Waals surface area contributed by atoms with Crippen LogP contribution < -0.4 is 0 Å². The van der Waals surface area contributed by atoms with E-state index in [0.717, 1.165) is 25.8 Å². The Bertz CT molecular complexity index is 112. The molecule has 0 fully saturated rings. The van der Waals surface area contributed by atoms with E-state index in [0.29, 0.717) is 6.61 Å². The summed E-state index contributed by atoms with van der Waals surface area (Å²) >= 11 is 4.37. The van der Waals surface area contributed by atoms with Crippen molar-refractivity contribution >= 4 is 17.4 Å². The molecule has 0 aliphatic carbocycles. The van der Waals surface area contributed by atoms with Gasteiger partial charge >= 0.3 is 0 Å². The molecular weight excluding hydrogens is 150 g/mol. The fourth-order valence-corrected chi connectivity index (χ4v) is 0.671. The Morgan fingerprint density at radius 3 is 2.80 bits per heavy atom. The third kappa shape index (κ3) is 7.72. The summed E-state index contributed by atoms with van der Waals surface area (Å²) in [4.78, 5) is 7.61. The maximum atomic E-state index is 7.92. The minimum Gasteiger partial charge on any atom is -0.252 e. The topological polar surface area (TPSA) is 41.8 Å². The van der Waals surface area contributed by atoms with Gasteiger partial charge in [-0.25, -0.2) is 9.88 Å². The lowest BCUT2D eigenvalue weighted by Crippen LogP contribution is -1.89. The van der Waals surface area contributed by atoms with Gasteiger partial charge in [0.05, 0.1) is 11.8 Å². The molecule has 0 bridgehead atoms. The minimum atomic E-state index is 0.404. The monoisotopic (exact) mass is 161 g/mol. The van der Waals surface area contributed by atoms with Crippen LogP contribution >= 0.6 is 12.2 Å². The van der Waals surface area contributed by atoms with Crippen LogP contribution in [0.25, 0.3) is 0 Å². The summed E-state index contributed by atoms with van der Waals surface area (Å²) in [5, 5.41) is 10.2. The van der Waals surface area contributed by atoms with Crippen molar-refractivity contribution in [1.82, 2.24) is 0 Å². The second-order valence-corrected chi connectivity index (χ2v) is 2.05. The Morgan fingerprint density at radius 1 is 1.40 bits per heavy atom. The quantitative estimate of drug-likeness (QED) is 0.212. The molecule has 0 saturated carbocycles. The van der Waals surface area contributed by atoms with Gasteiger partial charge in [-0.1, -0.05) is 0 Å². The number of isothiocyanates is 1. The summed E-state index contributed by atoms with van der Waals surface area (Å²) in [6.45, 7) is 1.14. The molecule has 0 aromatic carbocycles. The number of thiocarbonyl (C=S) groups is 1. The van der Waals surface area contributed by atoms with Crippen molar-refractivity contribution in [1.29, 1.82) is 0 Å². The molecule has 0 rings (SSSR count). The molecule has 0 atom stereocenters. The van der Waals surface area contributed by atoms with Crippen LogP contribution in [0.2, 0.25) is 0 Å². The Hall–Kier alpha value is -0.280. The highest BCUT2D eigenvalue weighted by Gasteiger charge is 1.86. The van der Waals surface area contributed by atoms with Crippen LogP contribution in [0.4, 0.5) is 0 Å². The minimum absolute atomic E-state index is 0.404. The van der Waals surface area contributed by atoms with E-state index < -0.39 is 0 Å². The summed E-state index contributed by atoms with van der Waals surface area (Å²) in [5.74, 6) is 0. The van der Waals surface area contributed by atoms with Crippen molar-refractivity contribution in [2.75, 3.05) is 13.2 Å². The van der Waals surface area contributed by atoms with E-state index in [1.54, 1.807) is 0 Å². The van der Waals surface area contributed by atoms with Gasteiger partial charge in [-0.05, 0) is 31.5 Å². The molecule has 0 aromatic heterocycles. The molecule has 0 saturated heterocycles. The third-order valence-electron chi connectivity index (χ3n) is 1.07. The Kier molecular flexibility index (Phi) is 8.48. The summed E-state index contributed by atoms with van der Waals surface area (Å²) in [6, 6.07) is 0. The van der Waals surface area contributed by atoms with E-state index in [-0.39, 0.29) is 0 Å². The van der Waals surface area contributed by atoms with Gasteiger partial charge in [-0.3, -0.25) is 5.26 Å². The lowest BCUT2D eigenvalue weighted by molar-refractivity contribution is -0.242. The largest absolute Gasteiger partial charge is 0.252 e. The smallest absolute Gasteiger partial charge is 0.0819 e. The molecule has 10 heavy (non-hydrogen) atoms. The van der Waals surface area contributed by atoms with Gasteiger partial charge in [0.25, 0.3) is 0 Å². The van der Waals surface area contributed by atoms with Crippen LogP contribution in [0, 0.1) is 0 Å². The number of hydrogen-bond donors (Lipinski definition) is 1. The van der Waals surface area contributed by atoms with E-state index in [1.165, 1.54) is 0 Å². The summed E-state index contributed by atoms with van der Waals surface area (Å²) < 4.78 is 0. The molecule has 0 aromatic rings. The molecule has 0 unspecified atom stereocenters. The van der Waals surface area contributed by atoms with Gasteiger partial charge in [0, 0.05) is 6.54 Å². The van der Waals surface area contributed by atoms with Gasteiger partial charge in [-0.15, -0.1) is 0 Å². The van der Waals surface area contributed by atoms with E-state index in [2.05, 4.69) is 27.3 Å². The fraction of sp³-hybridized carbons (Fsp3) is 0.833. The van der Waals surface area contributed by atoms with E-state index in [1.807, 2.05) is 0 Å². The highest BCUT2D eigenvalue weighted by atomic mass is 32.1. The zero-order valence-corrected chi connectivity index (χ0v) is 6.56. The van der Waals surface area contributed by atoms with Gasteiger partial charge in [0.1, 0.15) is 0 Å². The predicted molar refractivity (Wildman–Crippen MR) is 42.3 cm³/mol. The van der Waals surface area contributed by atoms with E-state index >= 15 is 0 Å². The fourth-order valence-electron chi connectivity index (χ4n) is 0.580. The molecule has 1 N–H and O–H groups in total. The highest BCUT2D eigenvalue weighted by molar-refractivity contribution is 7.78. The molecule has 58 valence electrons. The first-order valence-electron chi connectivity index (χ1n) is 3.22. The molecule has 3 nitrogen and oxygen atoms in total. The third-order valence-corrected chi connectivity index (χ3v) is 1.20. The SMILES string of the molecule is OOCCCCCN=C=S. The van der Waals surface area contributed by atoms with Crippen molar-refractivity contribution < 1.29 is 10.1 Å². The molecule has 0 spiro atoms. The summed E-state index contributed by atoms with van der Waals surface area (Å²) in [7, 11) is 0. The van der Waals surface area contributed by atoms with Crippen molar-refractivity contribution in [2.45, 2.75) is 19.3 Å². The van der Waals surface area contributed by atoms with Crippen LogP contribution in [0.3, 0.4) is 0 Å². The first-order chi connectivity index (χ1) is 4.91. The molecule has 0 heterocycles. The molecule has 0 aliphatic heterocycles. The Morgan fingerprint density at radius 2 is 2.20 bits per heavy atom. The second-order valence-electron chi connectivity index (χ2n) is 1.87. The summed E-state index contributed by atoms with van der Waals surface area (Å²) in [5.41, 5.74) is 0. The van der Waals surface area contributed by atoms with Gasteiger partial charge < -0.3 is 0 Å². The first-order valence-corrected chi connectivity index (χ1v) is 3.62. The van der Waals surface area contributed by atoms with E-state index in [9.17, 15) is 0 Å². The maximum Gasteiger partial charge on any atom is 0.0819 e. The van der Waals surface area contributed by atoms with Crippen molar-refractivity contribution in [3.8, 4) is 0 Å². The average molecular weight is 161 g/mol. The molecule has 0 radical (unpaired) electrons. The molecule has 4 heteroatoms. The van der Waals surface area contributed by atoms with E-state index in [4.69, 9.17) is 5.26 Å². The van der Waals surface area contributed by atoms with Crippen LogP contribution in [0.15, 0.2) is 4.99 Å². The summed E-state index contributed by atoms with van der Waals surface area (Å²) in [6.07, 6.45) is 2.84. The molecule has 0 aliphatic rings. The standard InChI is InChI=1S/C6H11NO2S/c8-9-5-3-1-2-4-7-6-10/h8H,1-5H2. The Balaban J connectivity index is 2.83. The number of rotatable bonds is 6. The van der Waals surface area contributed by atoms with Crippen LogP contribution in [-0.4, -0.2) is 23.6 Å². The lowest BCUT2D eigenvalue weighted by Gasteiger charge is -1.93. The first kappa shape index (κ1) is 9.72. The Labute approximate surface area is 65.7 Å².